The highest BCUT2D eigenvalue weighted by Gasteiger charge is 2.26. The summed E-state index contributed by atoms with van der Waals surface area (Å²) >= 11 is 0. The first-order valence-corrected chi connectivity index (χ1v) is 22.6. The predicted octanol–water partition coefficient (Wildman–Crippen LogP) is 7.48. The first-order chi connectivity index (χ1) is 30.8. The van der Waals surface area contributed by atoms with Crippen LogP contribution in [-0.4, -0.2) is 123 Å². The van der Waals surface area contributed by atoms with Gasteiger partial charge in [-0.15, -0.1) is 0 Å². The molecule has 15 heteroatoms. The molecule has 0 spiro atoms. The van der Waals surface area contributed by atoms with E-state index in [1.54, 1.807) is 0 Å². The summed E-state index contributed by atoms with van der Waals surface area (Å²) in [6, 6.07) is 22.8. The molecule has 63 heavy (non-hydrogen) atoms. The van der Waals surface area contributed by atoms with E-state index in [1.807, 2.05) is 52.2 Å². The summed E-state index contributed by atoms with van der Waals surface area (Å²) in [6.45, 7) is 15.3. The van der Waals surface area contributed by atoms with E-state index in [0.29, 0.717) is 25.1 Å². The monoisotopic (exact) mass is 857 g/mol. The Morgan fingerprint density at radius 3 is 2.06 bits per heavy atom. The van der Waals surface area contributed by atoms with Crippen molar-refractivity contribution in [3.05, 3.63) is 89.2 Å². The fourth-order valence-electron chi connectivity index (χ4n) is 8.62. The number of rotatable bonds is 14. The summed E-state index contributed by atoms with van der Waals surface area (Å²) in [5.74, 6) is 5.36. The summed E-state index contributed by atoms with van der Waals surface area (Å²) in [6.07, 6.45) is 5.72. The van der Waals surface area contributed by atoms with Gasteiger partial charge in [-0.2, -0.15) is 9.97 Å². The van der Waals surface area contributed by atoms with E-state index in [-0.39, 0.29) is 0 Å². The van der Waals surface area contributed by atoms with Crippen LogP contribution < -0.4 is 45.3 Å². The summed E-state index contributed by atoms with van der Waals surface area (Å²) in [5.41, 5.74) is 8.43. The molecule has 0 radical (unpaired) electrons. The smallest absolute Gasteiger partial charge is 0.229 e. The number of benzene rings is 3. The second-order valence-corrected chi connectivity index (χ2v) is 16.7. The zero-order chi connectivity index (χ0) is 43.5. The van der Waals surface area contributed by atoms with Crippen LogP contribution in [0.4, 0.5) is 46.3 Å². The van der Waals surface area contributed by atoms with Crippen LogP contribution >= 0.6 is 0 Å². The number of likely N-dealkylation sites (tertiary alicyclic amines) is 1. The largest absolute Gasteiger partial charge is 0.491 e. The lowest BCUT2D eigenvalue weighted by Gasteiger charge is -2.33. The van der Waals surface area contributed by atoms with Gasteiger partial charge >= 0.3 is 0 Å². The van der Waals surface area contributed by atoms with Crippen molar-refractivity contribution in [2.75, 3.05) is 124 Å². The third-order valence-electron chi connectivity index (χ3n) is 11.8. The van der Waals surface area contributed by atoms with Crippen molar-refractivity contribution in [2.45, 2.75) is 52.5 Å². The summed E-state index contributed by atoms with van der Waals surface area (Å²) in [5, 5.41) is 13.0. The normalized spacial score (nSPS) is 16.1. The van der Waals surface area contributed by atoms with Crippen LogP contribution in [0, 0.1) is 13.8 Å². The fourth-order valence-corrected chi connectivity index (χ4v) is 8.62. The van der Waals surface area contributed by atoms with Crippen LogP contribution in [0.5, 0.6) is 17.2 Å². The number of aromatic nitrogens is 4. The number of ether oxygens (including phenoxy) is 3. The quantitative estimate of drug-likeness (QED) is 0.0820. The topological polar surface area (TPSA) is 140 Å². The Balaban J connectivity index is 0.000000180. The average Bonchev–Trinajstić information content (AvgIpc) is 3.94. The molecule has 2 saturated heterocycles. The van der Waals surface area contributed by atoms with Crippen LogP contribution in [0.15, 0.2) is 66.7 Å². The molecule has 4 aliphatic heterocycles. The third-order valence-corrected chi connectivity index (χ3v) is 11.8. The van der Waals surface area contributed by atoms with Gasteiger partial charge in [-0.3, -0.25) is 0 Å². The Morgan fingerprint density at radius 2 is 1.35 bits per heavy atom. The molecule has 15 nitrogen and oxygen atoms in total. The summed E-state index contributed by atoms with van der Waals surface area (Å²) in [7, 11) is 5.92. The number of hydrogen-bond donors (Lipinski definition) is 4. The highest BCUT2D eigenvalue weighted by atomic mass is 16.5. The van der Waals surface area contributed by atoms with E-state index in [0.717, 1.165) is 129 Å². The van der Waals surface area contributed by atoms with Gasteiger partial charge in [0.05, 0.1) is 31.1 Å². The number of aryl methyl sites for hydroxylation is 2. The molecule has 0 bridgehead atoms. The maximum Gasteiger partial charge on any atom is 0.229 e. The molecule has 0 aliphatic carbocycles. The molecule has 4 N–H and O–H groups in total. The SMILES string of the molecule is CNc1cc(C)nc(Nc2cc(OCCCN3CCCC3)c3c(c2)N(Cc2ccccc2)CCO3)n1.CNc1cc(C)nc(Nc2cc3c(c(N4CCCN(C)CC4)c2)OCC3)n1. The van der Waals surface area contributed by atoms with Crippen molar-refractivity contribution in [2.24, 2.45) is 0 Å². The standard InChI is InChI=1S/C28H36N6O2.C20H28N6O/c1-21-17-26(29-2)32-28(30-21)31-23-18-24-27(25(19-23)35-15-8-13-33-11-6-7-12-33)36-16-14-34(24)20-22-9-4-3-5-10-22;1-14-11-18(21-2)24-20(22-14)23-16-12-15-5-10-27-19(15)17(13-16)26-7-4-6-25(3)8-9-26/h3-5,9-10,17-19H,6-8,11-16,20H2,1-2H3,(H2,29,30,31,32);11-13H,4-10H2,1-3H3,(H2,21,22,23,24). The Morgan fingerprint density at radius 1 is 0.667 bits per heavy atom. The van der Waals surface area contributed by atoms with E-state index in [9.17, 15) is 0 Å². The number of nitrogens with one attached hydrogen (secondary N) is 4. The molecular formula is C48H64N12O3. The minimum absolute atomic E-state index is 0.547. The van der Waals surface area contributed by atoms with Crippen molar-refractivity contribution in [1.82, 2.24) is 29.7 Å². The van der Waals surface area contributed by atoms with Crippen LogP contribution in [-0.2, 0) is 13.0 Å². The highest BCUT2D eigenvalue weighted by molar-refractivity contribution is 5.75. The van der Waals surface area contributed by atoms with Gasteiger partial charge in [0.2, 0.25) is 11.9 Å². The molecule has 334 valence electrons. The molecule has 0 unspecified atom stereocenters. The molecule has 4 aliphatic rings. The Kier molecular flexibility index (Phi) is 14.4. The molecule has 0 saturated carbocycles. The summed E-state index contributed by atoms with van der Waals surface area (Å²) < 4.78 is 18.5. The van der Waals surface area contributed by atoms with Gasteiger partial charge in [0.25, 0.3) is 0 Å². The zero-order valence-electron chi connectivity index (χ0n) is 37.7. The number of anilines is 8. The fraction of sp³-hybridized carbons (Fsp3) is 0.458. The first kappa shape index (κ1) is 43.6. The highest BCUT2D eigenvalue weighted by Crippen LogP contribution is 2.44. The predicted molar refractivity (Wildman–Crippen MR) is 254 cm³/mol. The van der Waals surface area contributed by atoms with Crippen LogP contribution in [0.1, 0.15) is 48.2 Å². The lowest BCUT2D eigenvalue weighted by molar-refractivity contribution is 0.241. The van der Waals surface area contributed by atoms with Gasteiger partial charge in [0.15, 0.2) is 11.5 Å². The molecule has 5 aromatic rings. The lowest BCUT2D eigenvalue weighted by atomic mass is 10.1. The third kappa shape index (κ3) is 11.5. The van der Waals surface area contributed by atoms with Gasteiger partial charge in [0.1, 0.15) is 24.0 Å². The molecule has 2 aromatic heterocycles. The zero-order valence-corrected chi connectivity index (χ0v) is 37.7. The number of nitrogens with zero attached hydrogens (tertiary/aromatic N) is 8. The number of hydrogen-bond acceptors (Lipinski definition) is 15. The van der Waals surface area contributed by atoms with Gasteiger partial charge in [-0.25, -0.2) is 9.97 Å². The molecular weight excluding hydrogens is 793 g/mol. The van der Waals surface area contributed by atoms with Crippen molar-refractivity contribution >= 4 is 46.3 Å². The Labute approximate surface area is 372 Å². The first-order valence-electron chi connectivity index (χ1n) is 22.6. The molecule has 2 fully saturated rings. The molecule has 3 aromatic carbocycles. The number of likely N-dealkylation sites (N-methyl/N-ethyl adjacent to an activating group) is 1. The van der Waals surface area contributed by atoms with Crippen molar-refractivity contribution < 1.29 is 14.2 Å². The molecule has 0 atom stereocenters. The Bertz CT molecular complexity index is 2290. The second-order valence-electron chi connectivity index (χ2n) is 16.7. The van der Waals surface area contributed by atoms with Crippen LogP contribution in [0.25, 0.3) is 0 Å². The minimum atomic E-state index is 0.547. The molecule has 9 rings (SSSR count). The minimum Gasteiger partial charge on any atom is -0.491 e. The summed E-state index contributed by atoms with van der Waals surface area (Å²) in [4.78, 5) is 27.9. The van der Waals surface area contributed by atoms with Crippen molar-refractivity contribution in [3.8, 4) is 17.2 Å². The van der Waals surface area contributed by atoms with E-state index >= 15 is 0 Å². The van der Waals surface area contributed by atoms with Crippen molar-refractivity contribution in [3.63, 3.8) is 0 Å². The van der Waals surface area contributed by atoms with E-state index < -0.39 is 0 Å². The van der Waals surface area contributed by atoms with Gasteiger partial charge < -0.3 is 55.1 Å². The molecule has 6 heterocycles. The van der Waals surface area contributed by atoms with E-state index in [2.05, 4.69) is 110 Å². The maximum atomic E-state index is 6.34. The van der Waals surface area contributed by atoms with E-state index in [4.69, 9.17) is 14.2 Å². The average molecular weight is 857 g/mol. The van der Waals surface area contributed by atoms with Crippen LogP contribution in [0.3, 0.4) is 0 Å². The number of fused-ring (bicyclic) bond motifs is 2. The Hall–Kier alpha value is -6.06. The maximum absolute atomic E-state index is 6.34. The second kappa shape index (κ2) is 20.9. The van der Waals surface area contributed by atoms with Crippen molar-refractivity contribution in [1.29, 1.82) is 0 Å². The molecule has 0 amide bonds. The van der Waals surface area contributed by atoms with Gasteiger partial charge in [-0.05, 0) is 90.0 Å². The van der Waals surface area contributed by atoms with E-state index in [1.165, 1.54) is 42.7 Å². The lowest BCUT2D eigenvalue weighted by Crippen LogP contribution is -2.32. The van der Waals surface area contributed by atoms with Crippen LogP contribution in [0.2, 0.25) is 0 Å². The van der Waals surface area contributed by atoms with Gasteiger partial charge in [0, 0.05) is 99.8 Å². The van der Waals surface area contributed by atoms with Gasteiger partial charge in [-0.1, -0.05) is 30.3 Å².